The lowest BCUT2D eigenvalue weighted by Crippen LogP contribution is -2.40. The highest BCUT2D eigenvalue weighted by Crippen LogP contribution is 2.48. The van der Waals surface area contributed by atoms with Crippen LogP contribution in [0.1, 0.15) is 44.5 Å². The van der Waals surface area contributed by atoms with Gasteiger partial charge in [0.2, 0.25) is 5.43 Å². The Morgan fingerprint density at radius 3 is 2.61 bits per heavy atom. The Kier molecular flexibility index (Phi) is 8.34. The highest BCUT2D eigenvalue weighted by molar-refractivity contribution is 6.02. The van der Waals surface area contributed by atoms with E-state index in [0.717, 1.165) is 17.3 Å². The molecule has 242 valence electrons. The highest BCUT2D eigenvalue weighted by atomic mass is 19.1. The number of hydrogen-bond donors (Lipinski definition) is 3. The summed E-state index contributed by atoms with van der Waals surface area (Å²) < 4.78 is 29.8. The van der Waals surface area contributed by atoms with Crippen LogP contribution < -0.4 is 31.4 Å². The van der Waals surface area contributed by atoms with Gasteiger partial charge in [0.05, 0.1) is 17.1 Å². The molecule has 4 N–H and O–H groups in total. The van der Waals surface area contributed by atoms with Gasteiger partial charge in [0, 0.05) is 39.0 Å². The first-order valence-corrected chi connectivity index (χ1v) is 15.6. The first-order valence-electron chi connectivity index (χ1n) is 15.6. The molecule has 2 aliphatic heterocycles. The van der Waals surface area contributed by atoms with E-state index < -0.39 is 28.8 Å². The lowest BCUT2D eigenvalue weighted by Gasteiger charge is -2.29. The average molecular weight is 631 g/mol. The number of benzene rings is 3. The van der Waals surface area contributed by atoms with E-state index in [2.05, 4.69) is 10.6 Å². The fourth-order valence-electron chi connectivity index (χ4n) is 6.10. The number of fused-ring (bicyclic) bond motifs is 3. The smallest absolute Gasteiger partial charge is 0.407 e. The van der Waals surface area contributed by atoms with Crippen LogP contribution in [0.5, 0.6) is 11.5 Å². The number of ether oxygens (including phenoxy) is 2. The molecule has 4 aromatic rings. The molecule has 2 aliphatic rings. The van der Waals surface area contributed by atoms with Crippen LogP contribution in [0.4, 0.5) is 14.9 Å². The largest absolute Gasteiger partial charge is 0.451 e. The molecule has 1 aromatic heterocycles. The molecule has 0 spiro atoms. The Labute approximate surface area is 266 Å². The molecular weight excluding hydrogens is 591 g/mol. The number of likely N-dealkylation sites (N-methyl/N-ethyl adjacent to an activating group) is 1. The van der Waals surface area contributed by atoms with Crippen molar-refractivity contribution >= 4 is 39.4 Å². The van der Waals surface area contributed by atoms with Crippen molar-refractivity contribution < 1.29 is 23.5 Å². The number of hydrogen-bond acceptors (Lipinski definition) is 8. The molecular formula is C34H39FN6O5. The molecule has 1 unspecified atom stereocenters. The summed E-state index contributed by atoms with van der Waals surface area (Å²) in [5, 5.41) is 7.58. The predicted octanol–water partition coefficient (Wildman–Crippen LogP) is 4.46. The second kappa shape index (κ2) is 12.3. The molecule has 3 aromatic carbocycles. The van der Waals surface area contributed by atoms with Gasteiger partial charge in [0.25, 0.3) is 5.91 Å². The van der Waals surface area contributed by atoms with E-state index in [9.17, 15) is 14.4 Å². The summed E-state index contributed by atoms with van der Waals surface area (Å²) in [6.45, 7) is 9.96. The molecule has 0 bridgehead atoms. The number of alkyl carbamates (subject to hydrolysis) is 1. The van der Waals surface area contributed by atoms with E-state index in [1.54, 1.807) is 25.3 Å². The number of nitrogens with one attached hydrogen (secondary N) is 2. The first-order chi connectivity index (χ1) is 22.0. The molecule has 1 saturated heterocycles. The number of amides is 2. The van der Waals surface area contributed by atoms with E-state index in [4.69, 9.17) is 15.2 Å². The molecule has 0 aliphatic carbocycles. The summed E-state index contributed by atoms with van der Waals surface area (Å²) in [6, 6.07) is 12.5. The van der Waals surface area contributed by atoms with Crippen molar-refractivity contribution in [3.8, 4) is 17.2 Å². The van der Waals surface area contributed by atoms with Crippen LogP contribution in [0.3, 0.4) is 0 Å². The van der Waals surface area contributed by atoms with Crippen LogP contribution >= 0.6 is 0 Å². The van der Waals surface area contributed by atoms with E-state index in [0.29, 0.717) is 49.7 Å². The van der Waals surface area contributed by atoms with Gasteiger partial charge in [-0.05, 0) is 62.7 Å². The summed E-state index contributed by atoms with van der Waals surface area (Å²) in [6.07, 6.45) is 1.53. The lowest BCUT2D eigenvalue weighted by atomic mass is 10.0. The Bertz CT molecular complexity index is 1900. The summed E-state index contributed by atoms with van der Waals surface area (Å²) in [5.74, 6) is -0.577. The first kappa shape index (κ1) is 31.3. The minimum atomic E-state index is -0.660. The van der Waals surface area contributed by atoms with Gasteiger partial charge in [0.15, 0.2) is 17.3 Å². The molecule has 0 radical (unpaired) electrons. The number of rotatable bonds is 8. The van der Waals surface area contributed by atoms with Crippen LogP contribution in [0.25, 0.3) is 27.4 Å². The maximum absolute atomic E-state index is 16.2. The van der Waals surface area contributed by atoms with Gasteiger partial charge in [0.1, 0.15) is 22.4 Å². The van der Waals surface area contributed by atoms with E-state index >= 15 is 4.39 Å². The fraction of sp³-hybridized carbons (Fsp3) is 0.382. The van der Waals surface area contributed by atoms with Gasteiger partial charge in [-0.3, -0.25) is 14.5 Å². The SMILES string of the molecule is CCN(CN)CCNC(=O)c1cn2c3c(c(N4CCC(NC(=O)OC(C)(C)C)C4)c(F)cc3c1=O)Oc1cc3ccccc3cc1-2. The maximum Gasteiger partial charge on any atom is 0.407 e. The maximum atomic E-state index is 16.2. The third kappa shape index (κ3) is 5.97. The molecule has 2 amide bonds. The van der Waals surface area contributed by atoms with Crippen LogP contribution in [-0.4, -0.2) is 72.5 Å². The minimum absolute atomic E-state index is 0.0301. The number of halogens is 1. The summed E-state index contributed by atoms with van der Waals surface area (Å²) in [5.41, 5.74) is 5.57. The summed E-state index contributed by atoms with van der Waals surface area (Å²) in [4.78, 5) is 43.4. The number of pyridine rings is 1. The second-order valence-corrected chi connectivity index (χ2v) is 12.7. The normalized spacial score (nSPS) is 15.6. The molecule has 12 heteroatoms. The predicted molar refractivity (Wildman–Crippen MR) is 176 cm³/mol. The van der Waals surface area contributed by atoms with Crippen molar-refractivity contribution in [1.29, 1.82) is 0 Å². The Balaban J connectivity index is 1.43. The molecule has 46 heavy (non-hydrogen) atoms. The van der Waals surface area contributed by atoms with Crippen molar-refractivity contribution in [2.75, 3.05) is 44.3 Å². The summed E-state index contributed by atoms with van der Waals surface area (Å²) >= 11 is 0. The average Bonchev–Trinajstić information content (AvgIpc) is 3.45. The van der Waals surface area contributed by atoms with E-state index in [-0.39, 0.29) is 35.0 Å². The van der Waals surface area contributed by atoms with Crippen LogP contribution in [0.15, 0.2) is 53.5 Å². The van der Waals surface area contributed by atoms with Crippen molar-refractivity contribution in [3.63, 3.8) is 0 Å². The Hall–Kier alpha value is -4.68. The molecule has 11 nitrogen and oxygen atoms in total. The van der Waals surface area contributed by atoms with Crippen molar-refractivity contribution in [3.05, 3.63) is 70.3 Å². The quantitative estimate of drug-likeness (QED) is 0.214. The number of nitrogens with zero attached hydrogens (tertiary/aromatic N) is 3. The lowest BCUT2D eigenvalue weighted by molar-refractivity contribution is 0.0508. The third-order valence-corrected chi connectivity index (χ3v) is 8.36. The number of anilines is 1. The Morgan fingerprint density at radius 1 is 1.17 bits per heavy atom. The number of carbonyl (C=O) groups is 2. The zero-order valence-corrected chi connectivity index (χ0v) is 26.5. The standard InChI is InChI=1S/C34H39FN6O5/c1-5-39(19-36)13-11-37-32(43)24-18-41-26-14-20-8-6-7-9-21(20)15-27(26)45-31-28(41)23(30(24)42)16-25(35)29(31)40-12-10-22(17-40)38-33(44)46-34(2,3)4/h6-9,14-16,18,22H,5,10-13,17,19,36H2,1-4H3,(H,37,43)(H,38,44). The van der Waals surface area contributed by atoms with Gasteiger partial charge in [-0.15, -0.1) is 0 Å². The van der Waals surface area contributed by atoms with Gasteiger partial charge in [-0.2, -0.15) is 0 Å². The van der Waals surface area contributed by atoms with E-state index in [1.807, 2.05) is 53.1 Å². The molecule has 6 rings (SSSR count). The minimum Gasteiger partial charge on any atom is -0.451 e. The third-order valence-electron chi connectivity index (χ3n) is 8.36. The zero-order valence-electron chi connectivity index (χ0n) is 26.5. The second-order valence-electron chi connectivity index (χ2n) is 12.7. The van der Waals surface area contributed by atoms with Crippen LogP contribution in [0.2, 0.25) is 0 Å². The van der Waals surface area contributed by atoms with Crippen molar-refractivity contribution in [2.45, 2.75) is 45.8 Å². The van der Waals surface area contributed by atoms with E-state index in [1.165, 1.54) is 12.3 Å². The molecule has 3 heterocycles. The fourth-order valence-corrected chi connectivity index (χ4v) is 6.10. The molecule has 1 atom stereocenters. The zero-order chi connectivity index (χ0) is 32.7. The number of aromatic nitrogens is 1. The van der Waals surface area contributed by atoms with Gasteiger partial charge in [-0.1, -0.05) is 31.2 Å². The van der Waals surface area contributed by atoms with Crippen LogP contribution in [0, 0.1) is 5.82 Å². The van der Waals surface area contributed by atoms with Gasteiger partial charge < -0.3 is 35.3 Å². The van der Waals surface area contributed by atoms with Crippen molar-refractivity contribution in [2.24, 2.45) is 5.73 Å². The van der Waals surface area contributed by atoms with Gasteiger partial charge >= 0.3 is 6.09 Å². The van der Waals surface area contributed by atoms with Crippen molar-refractivity contribution in [1.82, 2.24) is 20.1 Å². The molecule has 0 saturated carbocycles. The van der Waals surface area contributed by atoms with Gasteiger partial charge in [-0.25, -0.2) is 9.18 Å². The number of carbonyl (C=O) groups excluding carboxylic acids is 2. The Morgan fingerprint density at radius 2 is 1.91 bits per heavy atom. The summed E-state index contributed by atoms with van der Waals surface area (Å²) in [7, 11) is 0. The topological polar surface area (TPSA) is 131 Å². The van der Waals surface area contributed by atoms with Crippen LogP contribution in [-0.2, 0) is 4.74 Å². The molecule has 1 fully saturated rings. The highest BCUT2D eigenvalue weighted by Gasteiger charge is 2.34. The number of nitrogens with two attached hydrogens (primary N) is 1. The monoisotopic (exact) mass is 630 g/mol.